The van der Waals surface area contributed by atoms with Crippen LogP contribution in [0.5, 0.6) is 0 Å². The second-order valence-electron chi connectivity index (χ2n) is 16.4. The summed E-state index contributed by atoms with van der Waals surface area (Å²) < 4.78 is 17.6. The Labute approximate surface area is 349 Å². The van der Waals surface area contributed by atoms with Crippen molar-refractivity contribution in [2.24, 2.45) is 10.9 Å². The van der Waals surface area contributed by atoms with Gasteiger partial charge in [0.25, 0.3) is 11.8 Å². The van der Waals surface area contributed by atoms with E-state index < -0.39 is 41.5 Å². The molecule has 9 rings (SSSR count). The van der Waals surface area contributed by atoms with Crippen LogP contribution < -0.4 is 5.32 Å². The highest BCUT2D eigenvalue weighted by molar-refractivity contribution is 7.15. The molecule has 3 saturated heterocycles. The first-order valence-electron chi connectivity index (χ1n) is 20.3. The highest BCUT2D eigenvalue weighted by atomic mass is 35.5. The second-order valence-corrected chi connectivity index (χ2v) is 18.0. The number of rotatable bonds is 7. The van der Waals surface area contributed by atoms with Gasteiger partial charge in [-0.05, 0) is 113 Å². The van der Waals surface area contributed by atoms with Crippen molar-refractivity contribution in [3.63, 3.8) is 0 Å². The van der Waals surface area contributed by atoms with Crippen molar-refractivity contribution < 1.29 is 28.4 Å². The van der Waals surface area contributed by atoms with Crippen molar-refractivity contribution in [1.82, 2.24) is 34.8 Å². The minimum absolute atomic E-state index is 0.0183. The number of carbonyl (C=O) groups excluding carboxylic acids is 5. The van der Waals surface area contributed by atoms with Gasteiger partial charge in [-0.2, -0.15) is 0 Å². The largest absolute Gasteiger partial charge is 0.343 e. The number of nitrogens with zero attached hydrogens (tertiary/aromatic N) is 7. The van der Waals surface area contributed by atoms with Gasteiger partial charge in [-0.15, -0.1) is 21.5 Å². The maximum atomic E-state index is 15.6. The molecule has 59 heavy (non-hydrogen) atoms. The standard InChI is InChI=1S/C43H44ClFN8O5S/c1-22-23(2)59-43-37(22)38(27-4-6-28(44)7-5-27)46-33(39-49-48-24(3)52(39)43)20-36(55)51-16-10-25(11-17-51)21-50-14-12-26(13-15-50)29-18-30-31(19-32(29)45)42(58)53(41(30)57)34-8-9-35(54)47-40(34)56/h4-7,18-19,25-26,33-34H,8-17,20-21H2,1-3H3,(H,47,54,56)/t33-,34?/m0/s1. The van der Waals surface area contributed by atoms with Gasteiger partial charge in [0.15, 0.2) is 5.82 Å². The van der Waals surface area contributed by atoms with Crippen LogP contribution in [0.3, 0.4) is 0 Å². The van der Waals surface area contributed by atoms with Crippen molar-refractivity contribution in [1.29, 1.82) is 0 Å². The van der Waals surface area contributed by atoms with Crippen molar-refractivity contribution >= 4 is 58.2 Å². The Kier molecular flexibility index (Phi) is 10.3. The third kappa shape index (κ3) is 7.10. The Morgan fingerprint density at radius 3 is 2.31 bits per heavy atom. The number of benzene rings is 2. The number of piperidine rings is 3. The summed E-state index contributed by atoms with van der Waals surface area (Å²) in [6.07, 6.45) is 3.38. The zero-order valence-electron chi connectivity index (χ0n) is 33.1. The molecule has 0 spiro atoms. The van der Waals surface area contributed by atoms with Crippen LogP contribution in [0.4, 0.5) is 4.39 Å². The molecule has 0 radical (unpaired) electrons. The molecule has 4 aromatic rings. The number of halogens is 2. The van der Waals surface area contributed by atoms with Gasteiger partial charge in [-0.3, -0.25) is 43.7 Å². The summed E-state index contributed by atoms with van der Waals surface area (Å²) >= 11 is 7.95. The highest BCUT2D eigenvalue weighted by Crippen LogP contribution is 2.41. The van der Waals surface area contributed by atoms with Crippen molar-refractivity contribution in [2.75, 3.05) is 32.7 Å². The molecule has 306 valence electrons. The Balaban J connectivity index is 0.821. The Hall–Kier alpha value is -5.12. The molecule has 13 nitrogen and oxygen atoms in total. The lowest BCUT2D eigenvalue weighted by molar-refractivity contribution is -0.136. The van der Waals surface area contributed by atoms with E-state index in [1.165, 1.54) is 10.9 Å². The summed E-state index contributed by atoms with van der Waals surface area (Å²) in [6, 6.07) is 8.67. The van der Waals surface area contributed by atoms with E-state index in [0.717, 1.165) is 76.7 Å². The molecule has 5 amide bonds. The van der Waals surface area contributed by atoms with Gasteiger partial charge in [-0.25, -0.2) is 4.39 Å². The number of aryl methyl sites for hydroxylation is 2. The van der Waals surface area contributed by atoms with Crippen LogP contribution in [0.15, 0.2) is 41.4 Å². The van der Waals surface area contributed by atoms with Crippen LogP contribution in [0.25, 0.3) is 5.00 Å². The fourth-order valence-electron chi connectivity index (χ4n) is 9.40. The number of imide groups is 2. The molecule has 2 atom stereocenters. The van der Waals surface area contributed by atoms with Gasteiger partial charge in [0.1, 0.15) is 28.7 Å². The lowest BCUT2D eigenvalue weighted by atomic mass is 9.86. The van der Waals surface area contributed by atoms with Gasteiger partial charge in [0.2, 0.25) is 17.7 Å². The first kappa shape index (κ1) is 39.3. The van der Waals surface area contributed by atoms with E-state index in [9.17, 15) is 24.0 Å². The fourth-order valence-corrected chi connectivity index (χ4v) is 10.7. The summed E-state index contributed by atoms with van der Waals surface area (Å²) in [6.45, 7) is 9.85. The number of aromatic nitrogens is 3. The topological polar surface area (TPSA) is 150 Å². The molecule has 0 aliphatic carbocycles. The predicted molar refractivity (Wildman–Crippen MR) is 219 cm³/mol. The Bertz CT molecular complexity index is 2450. The number of hydrogen-bond donors (Lipinski definition) is 1. The maximum Gasteiger partial charge on any atom is 0.262 e. The molecule has 7 heterocycles. The number of carbonyl (C=O) groups is 5. The molecule has 0 saturated carbocycles. The minimum atomic E-state index is -1.10. The van der Waals surface area contributed by atoms with Crippen molar-refractivity contribution in [2.45, 2.75) is 83.7 Å². The number of likely N-dealkylation sites (tertiary alicyclic amines) is 2. The third-order valence-electron chi connectivity index (χ3n) is 12.8. The zero-order valence-corrected chi connectivity index (χ0v) is 34.7. The summed E-state index contributed by atoms with van der Waals surface area (Å²) in [4.78, 5) is 76.4. The van der Waals surface area contributed by atoms with E-state index in [-0.39, 0.29) is 42.2 Å². The molecule has 1 N–H and O–H groups in total. The predicted octanol–water partition coefficient (Wildman–Crippen LogP) is 5.85. The number of thiophene rings is 1. The van der Waals surface area contributed by atoms with Crippen LogP contribution in [0, 0.1) is 32.5 Å². The first-order valence-corrected chi connectivity index (χ1v) is 21.5. The fraction of sp³-hybridized carbons (Fsp3) is 0.442. The summed E-state index contributed by atoms with van der Waals surface area (Å²) in [5, 5.41) is 12.8. The summed E-state index contributed by atoms with van der Waals surface area (Å²) in [5.41, 5.74) is 4.38. The SMILES string of the molecule is Cc1sc2c(c1C)C(c1ccc(Cl)cc1)=N[C@@H](CC(=O)N1CCC(CN3CCC(c4cc5c(cc4F)C(=O)N(C4CCC(=O)NC4=O)C5=O)CC3)CC1)c1nnc(C)n1-2. The Morgan fingerprint density at radius 1 is 0.915 bits per heavy atom. The maximum absolute atomic E-state index is 15.6. The van der Waals surface area contributed by atoms with E-state index >= 15 is 4.39 Å². The summed E-state index contributed by atoms with van der Waals surface area (Å²) in [5.74, 6) is -1.28. The lowest BCUT2D eigenvalue weighted by Crippen LogP contribution is -2.54. The summed E-state index contributed by atoms with van der Waals surface area (Å²) in [7, 11) is 0. The first-order chi connectivity index (χ1) is 28.4. The molecule has 5 aliphatic rings. The smallest absolute Gasteiger partial charge is 0.262 e. The third-order valence-corrected chi connectivity index (χ3v) is 14.2. The van der Waals surface area contributed by atoms with Gasteiger partial charge in [0.05, 0.1) is 23.3 Å². The van der Waals surface area contributed by atoms with E-state index in [2.05, 4.69) is 38.8 Å². The van der Waals surface area contributed by atoms with Crippen LogP contribution in [-0.4, -0.2) is 103 Å². The van der Waals surface area contributed by atoms with Gasteiger partial charge < -0.3 is 9.80 Å². The van der Waals surface area contributed by atoms with E-state index in [1.54, 1.807) is 11.3 Å². The molecular weight excluding hydrogens is 795 g/mol. The minimum Gasteiger partial charge on any atom is -0.343 e. The van der Waals surface area contributed by atoms with E-state index in [0.29, 0.717) is 48.3 Å². The number of fused-ring (bicyclic) bond motifs is 4. The number of nitrogens with one attached hydrogen (secondary N) is 1. The van der Waals surface area contributed by atoms with Crippen LogP contribution in [0.2, 0.25) is 5.02 Å². The van der Waals surface area contributed by atoms with Gasteiger partial charge in [-0.1, -0.05) is 23.7 Å². The highest BCUT2D eigenvalue weighted by Gasteiger charge is 2.45. The molecule has 0 bridgehead atoms. The number of amides is 5. The molecule has 2 aromatic carbocycles. The van der Waals surface area contributed by atoms with Gasteiger partial charge in [0, 0.05) is 47.1 Å². The van der Waals surface area contributed by atoms with Crippen LogP contribution in [0.1, 0.15) is 116 Å². The second kappa shape index (κ2) is 15.5. The molecule has 3 fully saturated rings. The average molecular weight is 839 g/mol. The average Bonchev–Trinajstić information content (AvgIpc) is 3.79. The molecule has 1 unspecified atom stereocenters. The number of aliphatic imine (C=N–C) groups is 1. The molecular formula is C43H44ClFN8O5S. The van der Waals surface area contributed by atoms with Crippen molar-refractivity contribution in [3.8, 4) is 5.00 Å². The molecule has 5 aliphatic heterocycles. The Morgan fingerprint density at radius 2 is 1.61 bits per heavy atom. The van der Waals surface area contributed by atoms with Crippen molar-refractivity contribution in [3.05, 3.63) is 97.1 Å². The van der Waals surface area contributed by atoms with Crippen LogP contribution >= 0.6 is 22.9 Å². The zero-order chi connectivity index (χ0) is 41.3. The number of hydrogen-bond acceptors (Lipinski definition) is 10. The molecule has 2 aromatic heterocycles. The normalized spacial score (nSPS) is 21.6. The monoisotopic (exact) mass is 838 g/mol. The van der Waals surface area contributed by atoms with Gasteiger partial charge >= 0.3 is 0 Å². The van der Waals surface area contributed by atoms with Crippen LogP contribution in [-0.2, 0) is 14.4 Å². The lowest BCUT2D eigenvalue weighted by Gasteiger charge is -2.38. The quantitative estimate of drug-likeness (QED) is 0.228. The van der Waals surface area contributed by atoms with E-state index in [1.807, 2.05) is 36.1 Å². The molecule has 16 heteroatoms. The van der Waals surface area contributed by atoms with E-state index in [4.69, 9.17) is 16.6 Å².